The first-order valence-corrected chi connectivity index (χ1v) is 11.3. The Hall–Kier alpha value is -3.07. The topological polar surface area (TPSA) is 66.9 Å². The number of hydrogen-bond donors (Lipinski definition) is 0. The number of thiocarbonyl (C=S) groups is 1. The van der Waals surface area contributed by atoms with E-state index in [4.69, 9.17) is 28.6 Å². The van der Waals surface area contributed by atoms with Crippen LogP contribution in [0.5, 0.6) is 0 Å². The second-order valence-electron chi connectivity index (χ2n) is 7.02. The van der Waals surface area contributed by atoms with Crippen LogP contribution in [-0.4, -0.2) is 40.9 Å². The summed E-state index contributed by atoms with van der Waals surface area (Å²) in [5.74, 6) is -1.08. The Bertz CT molecular complexity index is 1210. The van der Waals surface area contributed by atoms with Gasteiger partial charge >= 0.3 is 0 Å². The largest absolute Gasteiger partial charge is 0.468 e. The van der Waals surface area contributed by atoms with Gasteiger partial charge in [0.1, 0.15) is 6.61 Å². The number of fused-ring (bicyclic) bond motifs is 1. The number of benzene rings is 2. The second-order valence-corrected chi connectivity index (χ2v) is 8.75. The molecule has 4 rings (SSSR count). The van der Waals surface area contributed by atoms with Gasteiger partial charge in [0.25, 0.3) is 22.9 Å². The zero-order valence-electron chi connectivity index (χ0n) is 16.9. The minimum absolute atomic E-state index is 0.00713. The Morgan fingerprint density at radius 1 is 1.09 bits per heavy atom. The van der Waals surface area contributed by atoms with E-state index < -0.39 is 0 Å². The molecule has 9 heteroatoms. The van der Waals surface area contributed by atoms with E-state index in [-0.39, 0.29) is 36.0 Å². The summed E-state index contributed by atoms with van der Waals surface area (Å²) in [5, 5.41) is 2.23. The van der Waals surface area contributed by atoms with Crippen molar-refractivity contribution in [2.75, 3.05) is 18.1 Å². The fourth-order valence-electron chi connectivity index (χ4n) is 3.30. The maximum Gasteiger partial charge on any atom is 0.275 e. The van der Waals surface area contributed by atoms with E-state index in [0.29, 0.717) is 26.7 Å². The van der Waals surface area contributed by atoms with Crippen molar-refractivity contribution in [3.8, 4) is 0 Å². The minimum atomic E-state index is -0.372. The monoisotopic (exact) mass is 484 g/mol. The lowest BCUT2D eigenvalue weighted by molar-refractivity contribution is 0.0627. The van der Waals surface area contributed by atoms with Crippen LogP contribution in [0.1, 0.15) is 36.0 Å². The third kappa shape index (κ3) is 4.29. The van der Waals surface area contributed by atoms with Gasteiger partial charge in [-0.1, -0.05) is 29.3 Å². The summed E-state index contributed by atoms with van der Waals surface area (Å²) in [6.45, 7) is 1.82. The number of anilines is 1. The molecular weight excluding hydrogens is 468 g/mol. The number of carbonyl (C=O) groups excluding carboxylic acids is 3. The molecule has 1 aromatic heterocycles. The summed E-state index contributed by atoms with van der Waals surface area (Å²) in [4.78, 5) is 41.1. The predicted molar refractivity (Wildman–Crippen MR) is 128 cm³/mol. The standard InChI is InChI=1S/C23H17ClN2O4S2/c1-14-4-9-17-18(13-14)21(28)25(20(17)27)10-11-30-23(31)26(16-7-5-15(24)6-8-16)22(29)19-3-2-12-32-19/h2-9,12-13H,10-11H2,1H3. The maximum atomic E-state index is 13.1. The van der Waals surface area contributed by atoms with Gasteiger partial charge in [-0.05, 0) is 67.0 Å². The molecule has 0 radical (unpaired) electrons. The molecule has 0 unspecified atom stereocenters. The van der Waals surface area contributed by atoms with Crippen LogP contribution in [0.15, 0.2) is 60.0 Å². The van der Waals surface area contributed by atoms with Crippen LogP contribution in [-0.2, 0) is 4.74 Å². The van der Waals surface area contributed by atoms with Gasteiger partial charge in [0.2, 0.25) is 0 Å². The number of ether oxygens (including phenoxy) is 1. The average molecular weight is 485 g/mol. The number of carbonyl (C=O) groups is 3. The van der Waals surface area contributed by atoms with Crippen LogP contribution in [0.25, 0.3) is 0 Å². The number of nitrogens with zero attached hydrogens (tertiary/aromatic N) is 2. The maximum absolute atomic E-state index is 13.1. The van der Waals surface area contributed by atoms with Crippen molar-refractivity contribution in [1.82, 2.24) is 4.90 Å². The highest BCUT2D eigenvalue weighted by Crippen LogP contribution is 2.25. The van der Waals surface area contributed by atoms with E-state index >= 15 is 0 Å². The third-order valence-electron chi connectivity index (χ3n) is 4.87. The molecule has 0 atom stereocenters. The lowest BCUT2D eigenvalue weighted by Crippen LogP contribution is -2.39. The van der Waals surface area contributed by atoms with E-state index in [1.807, 2.05) is 6.92 Å². The summed E-state index contributed by atoms with van der Waals surface area (Å²) < 4.78 is 5.65. The Morgan fingerprint density at radius 3 is 2.50 bits per heavy atom. The van der Waals surface area contributed by atoms with Crippen LogP contribution in [0.4, 0.5) is 5.69 Å². The minimum Gasteiger partial charge on any atom is -0.468 e. The lowest BCUT2D eigenvalue weighted by atomic mass is 10.1. The highest BCUT2D eigenvalue weighted by atomic mass is 35.5. The molecule has 1 aliphatic heterocycles. The van der Waals surface area contributed by atoms with E-state index in [1.54, 1.807) is 60.0 Å². The number of rotatable bonds is 5. The lowest BCUT2D eigenvalue weighted by Gasteiger charge is -2.23. The van der Waals surface area contributed by atoms with Gasteiger partial charge in [-0.2, -0.15) is 0 Å². The molecular formula is C23H17ClN2O4S2. The van der Waals surface area contributed by atoms with Crippen LogP contribution in [0.2, 0.25) is 5.02 Å². The van der Waals surface area contributed by atoms with E-state index in [1.165, 1.54) is 16.2 Å². The van der Waals surface area contributed by atoms with Crippen molar-refractivity contribution >= 4 is 63.7 Å². The second kappa shape index (κ2) is 9.20. The molecule has 2 heterocycles. The summed E-state index contributed by atoms with van der Waals surface area (Å²) in [6, 6.07) is 15.2. The quantitative estimate of drug-likeness (QED) is 0.378. The normalized spacial score (nSPS) is 12.6. The first kappa shape index (κ1) is 22.1. The number of aryl methyl sites for hydroxylation is 1. The van der Waals surface area contributed by atoms with E-state index in [9.17, 15) is 14.4 Å². The molecule has 162 valence electrons. The molecule has 1 aliphatic rings. The van der Waals surface area contributed by atoms with Crippen molar-refractivity contribution in [3.63, 3.8) is 0 Å². The van der Waals surface area contributed by atoms with Crippen molar-refractivity contribution < 1.29 is 19.1 Å². The van der Waals surface area contributed by atoms with Gasteiger partial charge < -0.3 is 4.74 Å². The number of thiophene rings is 1. The molecule has 6 nitrogen and oxygen atoms in total. The molecule has 32 heavy (non-hydrogen) atoms. The van der Waals surface area contributed by atoms with Crippen molar-refractivity contribution in [3.05, 3.63) is 86.6 Å². The Balaban J connectivity index is 1.47. The molecule has 0 saturated heterocycles. The van der Waals surface area contributed by atoms with E-state index in [2.05, 4.69) is 0 Å². The van der Waals surface area contributed by atoms with Gasteiger partial charge in [-0.25, -0.2) is 4.90 Å². The summed E-state index contributed by atoms with van der Waals surface area (Å²) >= 11 is 12.6. The molecule has 3 aromatic rings. The molecule has 2 aromatic carbocycles. The fraction of sp³-hybridized carbons (Fsp3) is 0.130. The van der Waals surface area contributed by atoms with Gasteiger partial charge in [0, 0.05) is 5.02 Å². The first-order valence-electron chi connectivity index (χ1n) is 9.64. The molecule has 0 spiro atoms. The number of hydrogen-bond acceptors (Lipinski definition) is 6. The van der Waals surface area contributed by atoms with Gasteiger partial charge in [0.15, 0.2) is 0 Å². The Kier molecular flexibility index (Phi) is 6.36. The van der Waals surface area contributed by atoms with Crippen LogP contribution in [0, 0.1) is 6.92 Å². The fourth-order valence-corrected chi connectivity index (χ4v) is 4.35. The van der Waals surface area contributed by atoms with Crippen molar-refractivity contribution in [2.45, 2.75) is 6.92 Å². The molecule has 0 saturated carbocycles. The zero-order chi connectivity index (χ0) is 22.8. The molecule has 0 aliphatic carbocycles. The number of imide groups is 1. The van der Waals surface area contributed by atoms with Crippen LogP contribution >= 0.6 is 35.2 Å². The smallest absolute Gasteiger partial charge is 0.275 e. The molecule has 0 fully saturated rings. The van der Waals surface area contributed by atoms with E-state index in [0.717, 1.165) is 10.5 Å². The SMILES string of the molecule is Cc1ccc2c(c1)C(=O)N(CCOC(=S)N(C(=O)c1cccs1)c1ccc(Cl)cc1)C2=O. The number of halogens is 1. The Morgan fingerprint density at radius 2 is 1.81 bits per heavy atom. The van der Waals surface area contributed by atoms with Crippen molar-refractivity contribution in [1.29, 1.82) is 0 Å². The van der Waals surface area contributed by atoms with Gasteiger partial charge in [-0.3, -0.25) is 19.3 Å². The summed E-state index contributed by atoms with van der Waals surface area (Å²) in [6.07, 6.45) is 0. The first-order chi connectivity index (χ1) is 15.4. The highest BCUT2D eigenvalue weighted by Gasteiger charge is 2.35. The zero-order valence-corrected chi connectivity index (χ0v) is 19.3. The highest BCUT2D eigenvalue weighted by molar-refractivity contribution is 7.80. The third-order valence-corrected chi connectivity index (χ3v) is 6.28. The average Bonchev–Trinajstić information content (AvgIpc) is 3.39. The summed E-state index contributed by atoms with van der Waals surface area (Å²) in [7, 11) is 0. The molecule has 0 N–H and O–H groups in total. The number of amides is 3. The van der Waals surface area contributed by atoms with Crippen LogP contribution < -0.4 is 4.90 Å². The van der Waals surface area contributed by atoms with Gasteiger partial charge in [-0.15, -0.1) is 11.3 Å². The van der Waals surface area contributed by atoms with Crippen LogP contribution in [0.3, 0.4) is 0 Å². The predicted octanol–water partition coefficient (Wildman–Crippen LogP) is 4.95. The van der Waals surface area contributed by atoms with Crippen molar-refractivity contribution in [2.24, 2.45) is 0 Å². The Labute approximate surface area is 199 Å². The molecule has 3 amide bonds. The van der Waals surface area contributed by atoms with Gasteiger partial charge in [0.05, 0.1) is 28.2 Å². The molecule has 0 bridgehead atoms. The summed E-state index contributed by atoms with van der Waals surface area (Å²) in [5.41, 5.74) is 2.15.